The summed E-state index contributed by atoms with van der Waals surface area (Å²) in [4.78, 5) is 4.01. The molecular formula is C13H13BrN2O3S. The van der Waals surface area contributed by atoms with Gasteiger partial charge in [-0.3, -0.25) is 0 Å². The maximum atomic E-state index is 11.7. The van der Waals surface area contributed by atoms with Crippen molar-refractivity contribution in [3.8, 4) is 11.6 Å². The topological polar surface area (TPSA) is 82.3 Å². The summed E-state index contributed by atoms with van der Waals surface area (Å²) in [7, 11) is -3.43. The average molecular weight is 357 g/mol. The van der Waals surface area contributed by atoms with Crippen LogP contribution in [0.25, 0.3) is 0 Å². The Hall–Kier alpha value is -1.60. The van der Waals surface area contributed by atoms with Crippen molar-refractivity contribution < 1.29 is 13.2 Å². The SMILES string of the molecule is Cc1cc(Br)cc(N)c1Oc1ncccc1S(C)(=O)=O. The zero-order valence-electron chi connectivity index (χ0n) is 10.9. The monoisotopic (exact) mass is 356 g/mol. The number of ether oxygens (including phenoxy) is 1. The van der Waals surface area contributed by atoms with Crippen molar-refractivity contribution in [3.05, 3.63) is 40.5 Å². The van der Waals surface area contributed by atoms with Gasteiger partial charge in [-0.1, -0.05) is 15.9 Å². The van der Waals surface area contributed by atoms with Crippen molar-refractivity contribution in [2.45, 2.75) is 11.8 Å². The van der Waals surface area contributed by atoms with Gasteiger partial charge in [-0.25, -0.2) is 13.4 Å². The molecule has 0 spiro atoms. The fraction of sp³-hybridized carbons (Fsp3) is 0.154. The first kappa shape index (κ1) is 14.8. The fourth-order valence-corrected chi connectivity index (χ4v) is 3.05. The summed E-state index contributed by atoms with van der Waals surface area (Å²) in [5, 5.41) is 0. The lowest BCUT2D eigenvalue weighted by Crippen LogP contribution is -2.03. The highest BCUT2D eigenvalue weighted by Gasteiger charge is 2.17. The van der Waals surface area contributed by atoms with Crippen molar-refractivity contribution in [1.29, 1.82) is 0 Å². The minimum atomic E-state index is -3.43. The first-order valence-corrected chi connectivity index (χ1v) is 8.36. The first-order chi connectivity index (χ1) is 9.29. The lowest BCUT2D eigenvalue weighted by molar-refractivity contribution is 0.446. The van der Waals surface area contributed by atoms with Crippen molar-refractivity contribution in [2.75, 3.05) is 12.0 Å². The van der Waals surface area contributed by atoms with Gasteiger partial charge in [0.05, 0.1) is 5.69 Å². The molecule has 0 aliphatic carbocycles. The number of aromatic nitrogens is 1. The number of nitrogens with zero attached hydrogens (tertiary/aromatic N) is 1. The third kappa shape index (κ3) is 3.10. The molecule has 0 amide bonds. The summed E-state index contributed by atoms with van der Waals surface area (Å²) in [6, 6.07) is 6.50. The Balaban J connectivity index is 2.52. The van der Waals surface area contributed by atoms with Crippen molar-refractivity contribution in [1.82, 2.24) is 4.98 Å². The first-order valence-electron chi connectivity index (χ1n) is 5.67. The van der Waals surface area contributed by atoms with E-state index in [1.54, 1.807) is 12.1 Å². The number of hydrogen-bond acceptors (Lipinski definition) is 5. The largest absolute Gasteiger partial charge is 0.435 e. The maximum absolute atomic E-state index is 11.7. The zero-order chi connectivity index (χ0) is 14.9. The molecule has 106 valence electrons. The van der Waals surface area contributed by atoms with Crippen LogP contribution in [0, 0.1) is 6.92 Å². The molecule has 7 heteroatoms. The van der Waals surface area contributed by atoms with E-state index in [0.717, 1.165) is 16.3 Å². The molecule has 0 aliphatic heterocycles. The Morgan fingerprint density at radius 1 is 1.35 bits per heavy atom. The molecule has 0 fully saturated rings. The predicted molar refractivity (Wildman–Crippen MR) is 80.7 cm³/mol. The van der Waals surface area contributed by atoms with Crippen molar-refractivity contribution >= 4 is 31.5 Å². The minimum Gasteiger partial charge on any atom is -0.435 e. The second-order valence-electron chi connectivity index (χ2n) is 4.32. The van der Waals surface area contributed by atoms with Crippen LogP contribution in [-0.4, -0.2) is 19.7 Å². The van der Waals surface area contributed by atoms with E-state index in [-0.39, 0.29) is 10.8 Å². The summed E-state index contributed by atoms with van der Waals surface area (Å²) in [6.45, 7) is 1.82. The highest BCUT2D eigenvalue weighted by Crippen LogP contribution is 2.35. The van der Waals surface area contributed by atoms with Crippen LogP contribution in [0.4, 0.5) is 5.69 Å². The Kier molecular flexibility index (Phi) is 4.01. The molecule has 5 nitrogen and oxygen atoms in total. The fourth-order valence-electron chi connectivity index (χ4n) is 1.73. The van der Waals surface area contributed by atoms with Gasteiger partial charge in [0.25, 0.3) is 0 Å². The van der Waals surface area contributed by atoms with Gasteiger partial charge in [-0.15, -0.1) is 0 Å². The standard InChI is InChI=1S/C13H13BrN2O3S/c1-8-6-9(14)7-10(15)12(8)19-13-11(20(2,17)18)4-3-5-16-13/h3-7H,15H2,1-2H3. The highest BCUT2D eigenvalue weighted by atomic mass is 79.9. The van der Waals surface area contributed by atoms with Gasteiger partial charge in [0.2, 0.25) is 5.88 Å². The molecule has 1 heterocycles. The van der Waals surface area contributed by atoms with Crippen LogP contribution < -0.4 is 10.5 Å². The van der Waals surface area contributed by atoms with E-state index in [9.17, 15) is 8.42 Å². The van der Waals surface area contributed by atoms with Crippen LogP contribution in [0.15, 0.2) is 39.8 Å². The van der Waals surface area contributed by atoms with Gasteiger partial charge in [0.15, 0.2) is 15.6 Å². The number of nitrogen functional groups attached to an aromatic ring is 1. The van der Waals surface area contributed by atoms with Crippen LogP contribution in [0.3, 0.4) is 0 Å². The van der Waals surface area contributed by atoms with Crippen LogP contribution in [-0.2, 0) is 9.84 Å². The van der Waals surface area contributed by atoms with Gasteiger partial charge in [0.1, 0.15) is 4.90 Å². The Bertz CT molecular complexity index is 737. The number of nitrogens with two attached hydrogens (primary N) is 1. The summed E-state index contributed by atoms with van der Waals surface area (Å²) >= 11 is 3.33. The van der Waals surface area contributed by atoms with E-state index in [1.807, 2.05) is 13.0 Å². The minimum absolute atomic E-state index is 0.0205. The molecule has 0 atom stereocenters. The number of hydrogen-bond donors (Lipinski definition) is 1. The smallest absolute Gasteiger partial charge is 0.238 e. The quantitative estimate of drug-likeness (QED) is 0.854. The molecule has 2 N–H and O–H groups in total. The molecule has 0 saturated carbocycles. The maximum Gasteiger partial charge on any atom is 0.238 e. The third-order valence-corrected chi connectivity index (χ3v) is 4.17. The third-order valence-electron chi connectivity index (χ3n) is 2.60. The van der Waals surface area contributed by atoms with E-state index in [2.05, 4.69) is 20.9 Å². The summed E-state index contributed by atoms with van der Waals surface area (Å²) < 4.78 is 29.9. The molecule has 2 rings (SSSR count). The average Bonchev–Trinajstić information content (AvgIpc) is 2.33. The van der Waals surface area contributed by atoms with E-state index in [1.165, 1.54) is 12.3 Å². The van der Waals surface area contributed by atoms with Gasteiger partial charge in [0, 0.05) is 16.9 Å². The van der Waals surface area contributed by atoms with Crippen LogP contribution in [0.2, 0.25) is 0 Å². The molecule has 0 bridgehead atoms. The van der Waals surface area contributed by atoms with Crippen LogP contribution in [0.5, 0.6) is 11.6 Å². The van der Waals surface area contributed by atoms with Gasteiger partial charge >= 0.3 is 0 Å². The Labute approximate surface area is 125 Å². The highest BCUT2D eigenvalue weighted by molar-refractivity contribution is 9.10. The van der Waals surface area contributed by atoms with Crippen LogP contribution >= 0.6 is 15.9 Å². The van der Waals surface area contributed by atoms with Crippen LogP contribution in [0.1, 0.15) is 5.56 Å². The van der Waals surface area contributed by atoms with E-state index < -0.39 is 9.84 Å². The Morgan fingerprint density at radius 3 is 2.65 bits per heavy atom. The molecule has 0 saturated heterocycles. The van der Waals surface area contributed by atoms with Crippen molar-refractivity contribution in [2.24, 2.45) is 0 Å². The lowest BCUT2D eigenvalue weighted by Gasteiger charge is -2.13. The van der Waals surface area contributed by atoms with E-state index >= 15 is 0 Å². The van der Waals surface area contributed by atoms with Crippen molar-refractivity contribution in [3.63, 3.8) is 0 Å². The molecule has 0 radical (unpaired) electrons. The number of pyridine rings is 1. The second-order valence-corrected chi connectivity index (χ2v) is 7.22. The van der Waals surface area contributed by atoms with Gasteiger partial charge in [-0.05, 0) is 36.8 Å². The normalized spacial score (nSPS) is 11.3. The molecule has 0 unspecified atom stereocenters. The number of anilines is 1. The number of sulfone groups is 1. The number of benzene rings is 1. The number of halogens is 1. The summed E-state index contributed by atoms with van der Waals surface area (Å²) in [5.74, 6) is 0.420. The van der Waals surface area contributed by atoms with Gasteiger partial charge in [-0.2, -0.15) is 0 Å². The summed E-state index contributed by atoms with van der Waals surface area (Å²) in [5.41, 5.74) is 7.08. The zero-order valence-corrected chi connectivity index (χ0v) is 13.3. The molecule has 1 aromatic heterocycles. The molecule has 0 aliphatic rings. The number of rotatable bonds is 3. The second kappa shape index (κ2) is 5.41. The molecule has 1 aromatic carbocycles. The molecule has 2 aromatic rings. The van der Waals surface area contributed by atoms with Gasteiger partial charge < -0.3 is 10.5 Å². The van der Waals surface area contributed by atoms with E-state index in [4.69, 9.17) is 10.5 Å². The molecular weight excluding hydrogens is 344 g/mol. The Morgan fingerprint density at radius 2 is 2.05 bits per heavy atom. The molecule has 20 heavy (non-hydrogen) atoms. The van der Waals surface area contributed by atoms with E-state index in [0.29, 0.717) is 11.4 Å². The number of aryl methyl sites for hydroxylation is 1. The summed E-state index contributed by atoms with van der Waals surface area (Å²) in [6.07, 6.45) is 2.57. The lowest BCUT2D eigenvalue weighted by atomic mass is 10.2. The predicted octanol–water partition coefficient (Wildman–Crippen LogP) is 2.93.